The van der Waals surface area contributed by atoms with E-state index in [1.807, 2.05) is 0 Å². The molecule has 0 aliphatic rings. The van der Waals surface area contributed by atoms with Gasteiger partial charge in [0.25, 0.3) is 5.91 Å². The molecule has 0 aliphatic carbocycles. The molecule has 12 heteroatoms. The van der Waals surface area contributed by atoms with Gasteiger partial charge >= 0.3 is 6.18 Å². The Hall–Kier alpha value is -3.63. The number of alkyl halides is 3. The third kappa shape index (κ3) is 5.46. The summed E-state index contributed by atoms with van der Waals surface area (Å²) in [5, 5.41) is 3.38. The average Bonchev–Trinajstić information content (AvgIpc) is 3.28. The molecule has 3 aromatic heterocycles. The first kappa shape index (κ1) is 23.5. The number of benzene rings is 1. The van der Waals surface area contributed by atoms with Crippen LogP contribution < -0.4 is 10.1 Å². The Morgan fingerprint density at radius 1 is 1.03 bits per heavy atom. The Balaban J connectivity index is 1.38. The quantitative estimate of drug-likeness (QED) is 0.361. The van der Waals surface area contributed by atoms with Crippen LogP contribution in [0.5, 0.6) is 11.6 Å². The van der Waals surface area contributed by atoms with Gasteiger partial charge in [-0.1, -0.05) is 23.2 Å². The predicted molar refractivity (Wildman–Crippen MR) is 118 cm³/mol. The highest BCUT2D eigenvalue weighted by molar-refractivity contribution is 6.35. The lowest BCUT2D eigenvalue weighted by molar-refractivity contribution is -0.137. The first-order valence-electron chi connectivity index (χ1n) is 9.64. The fourth-order valence-corrected chi connectivity index (χ4v) is 3.39. The normalized spacial score (nSPS) is 11.3. The fourth-order valence-electron chi connectivity index (χ4n) is 2.92. The molecule has 174 valence electrons. The van der Waals surface area contributed by atoms with Crippen LogP contribution in [0.2, 0.25) is 10.0 Å². The molecule has 1 amide bonds. The zero-order chi connectivity index (χ0) is 24.3. The van der Waals surface area contributed by atoms with Gasteiger partial charge in [0, 0.05) is 12.4 Å². The van der Waals surface area contributed by atoms with Crippen LogP contribution in [0, 0.1) is 0 Å². The second-order valence-electron chi connectivity index (χ2n) is 6.88. The number of aromatic nitrogens is 4. The third-order valence-corrected chi connectivity index (χ3v) is 5.00. The van der Waals surface area contributed by atoms with Gasteiger partial charge in [-0.15, -0.1) is 0 Å². The SMILES string of the molecule is O=C(NCc1cnc(Oc2ccc(C(F)(F)F)cc2)cn1)c1cccn1-c1ncc(Cl)cc1Cl. The number of pyridine rings is 1. The van der Waals surface area contributed by atoms with E-state index in [1.165, 1.54) is 41.4 Å². The predicted octanol–water partition coefficient (Wildman–Crippen LogP) is 5.71. The van der Waals surface area contributed by atoms with Crippen molar-refractivity contribution >= 4 is 29.1 Å². The van der Waals surface area contributed by atoms with Crippen LogP contribution in [-0.2, 0) is 12.7 Å². The van der Waals surface area contributed by atoms with Gasteiger partial charge in [0.15, 0.2) is 5.82 Å². The minimum absolute atomic E-state index is 0.0688. The van der Waals surface area contributed by atoms with Crippen molar-refractivity contribution in [2.75, 3.05) is 0 Å². The van der Waals surface area contributed by atoms with Crippen LogP contribution in [0.15, 0.2) is 67.3 Å². The molecule has 0 bridgehead atoms. The van der Waals surface area contributed by atoms with Gasteiger partial charge in [-0.25, -0.2) is 9.97 Å². The summed E-state index contributed by atoms with van der Waals surface area (Å²) in [6.45, 7) is 0.0688. The number of nitrogens with zero attached hydrogens (tertiary/aromatic N) is 4. The van der Waals surface area contributed by atoms with Crippen molar-refractivity contribution in [3.63, 3.8) is 0 Å². The number of nitrogens with one attached hydrogen (secondary N) is 1. The summed E-state index contributed by atoms with van der Waals surface area (Å²) in [7, 11) is 0. The Bertz CT molecular complexity index is 1310. The molecule has 3 heterocycles. The maximum atomic E-state index is 12.7. The second-order valence-corrected chi connectivity index (χ2v) is 7.72. The van der Waals surface area contributed by atoms with Crippen molar-refractivity contribution < 1.29 is 22.7 Å². The van der Waals surface area contributed by atoms with E-state index in [0.29, 0.717) is 22.2 Å². The van der Waals surface area contributed by atoms with Crippen molar-refractivity contribution in [3.05, 3.63) is 94.2 Å². The van der Waals surface area contributed by atoms with E-state index in [4.69, 9.17) is 27.9 Å². The molecule has 1 N–H and O–H groups in total. The van der Waals surface area contributed by atoms with Gasteiger partial charge in [-0.2, -0.15) is 13.2 Å². The molecule has 0 unspecified atom stereocenters. The zero-order valence-electron chi connectivity index (χ0n) is 17.1. The maximum Gasteiger partial charge on any atom is 0.416 e. The van der Waals surface area contributed by atoms with Gasteiger partial charge in [0.05, 0.1) is 40.2 Å². The lowest BCUT2D eigenvalue weighted by Crippen LogP contribution is -2.25. The molecule has 4 aromatic rings. The molecule has 0 saturated heterocycles. The van der Waals surface area contributed by atoms with Crippen molar-refractivity contribution in [2.45, 2.75) is 12.7 Å². The number of amides is 1. The molecule has 0 spiro atoms. The Labute approximate surface area is 201 Å². The van der Waals surface area contributed by atoms with Crippen molar-refractivity contribution in [2.24, 2.45) is 0 Å². The zero-order valence-corrected chi connectivity index (χ0v) is 18.6. The second kappa shape index (κ2) is 9.70. The van der Waals surface area contributed by atoms with E-state index in [9.17, 15) is 18.0 Å². The topological polar surface area (TPSA) is 81.9 Å². The van der Waals surface area contributed by atoms with E-state index >= 15 is 0 Å². The molecule has 0 fully saturated rings. The van der Waals surface area contributed by atoms with Gasteiger partial charge in [-0.3, -0.25) is 14.3 Å². The number of ether oxygens (including phenoxy) is 1. The third-order valence-electron chi connectivity index (χ3n) is 4.51. The Morgan fingerprint density at radius 3 is 2.44 bits per heavy atom. The van der Waals surface area contributed by atoms with Crippen LogP contribution in [-0.4, -0.2) is 25.4 Å². The lowest BCUT2D eigenvalue weighted by atomic mass is 10.2. The highest BCUT2D eigenvalue weighted by atomic mass is 35.5. The molecule has 0 atom stereocenters. The highest BCUT2D eigenvalue weighted by Crippen LogP contribution is 2.31. The largest absolute Gasteiger partial charge is 0.438 e. The summed E-state index contributed by atoms with van der Waals surface area (Å²) in [6.07, 6.45) is 1.33. The molecular weight excluding hydrogens is 494 g/mol. The first-order chi connectivity index (χ1) is 16.2. The smallest absolute Gasteiger partial charge is 0.416 e. The minimum Gasteiger partial charge on any atom is -0.438 e. The monoisotopic (exact) mass is 507 g/mol. The van der Waals surface area contributed by atoms with E-state index in [0.717, 1.165) is 12.1 Å². The van der Waals surface area contributed by atoms with E-state index < -0.39 is 17.6 Å². The van der Waals surface area contributed by atoms with Crippen LogP contribution in [0.3, 0.4) is 0 Å². The molecular formula is C22H14Cl2F3N5O2. The minimum atomic E-state index is -4.43. The van der Waals surface area contributed by atoms with Gasteiger partial charge < -0.3 is 10.1 Å². The summed E-state index contributed by atoms with van der Waals surface area (Å²) in [4.78, 5) is 25.1. The van der Waals surface area contributed by atoms with Crippen LogP contribution in [0.1, 0.15) is 21.7 Å². The fraction of sp³-hybridized carbons (Fsp3) is 0.0909. The van der Waals surface area contributed by atoms with Crippen molar-refractivity contribution in [1.29, 1.82) is 0 Å². The number of rotatable bonds is 6. The van der Waals surface area contributed by atoms with Gasteiger partial charge in [-0.05, 0) is 42.5 Å². The van der Waals surface area contributed by atoms with Gasteiger partial charge in [0.1, 0.15) is 11.4 Å². The van der Waals surface area contributed by atoms with Crippen molar-refractivity contribution in [1.82, 2.24) is 24.8 Å². The lowest BCUT2D eigenvalue weighted by Gasteiger charge is -2.11. The molecule has 0 saturated carbocycles. The average molecular weight is 508 g/mol. The highest BCUT2D eigenvalue weighted by Gasteiger charge is 2.30. The summed E-state index contributed by atoms with van der Waals surface area (Å²) in [5.74, 6) is 0.223. The standard InChI is InChI=1S/C22H14Cl2F3N5O2/c23-14-8-17(24)20(30-9-14)32-7-1-2-18(32)21(33)31-11-15-10-29-19(12-28-15)34-16-5-3-13(4-6-16)22(25,26)27/h1-10,12H,11H2,(H,31,33). The summed E-state index contributed by atoms with van der Waals surface area (Å²) < 4.78 is 44.9. The number of halogens is 5. The molecule has 34 heavy (non-hydrogen) atoms. The summed E-state index contributed by atoms with van der Waals surface area (Å²) >= 11 is 12.1. The first-order valence-corrected chi connectivity index (χ1v) is 10.4. The molecule has 0 aliphatic heterocycles. The van der Waals surface area contributed by atoms with Crippen LogP contribution in [0.4, 0.5) is 13.2 Å². The Kier molecular flexibility index (Phi) is 6.71. The molecule has 7 nitrogen and oxygen atoms in total. The van der Waals surface area contributed by atoms with Gasteiger partial charge in [0.2, 0.25) is 5.88 Å². The Morgan fingerprint density at radius 2 is 1.79 bits per heavy atom. The molecule has 0 radical (unpaired) electrons. The number of hydrogen-bond acceptors (Lipinski definition) is 5. The van der Waals surface area contributed by atoms with Crippen LogP contribution >= 0.6 is 23.2 Å². The van der Waals surface area contributed by atoms with E-state index in [1.54, 1.807) is 18.3 Å². The number of carbonyl (C=O) groups excluding carboxylic acids is 1. The number of carbonyl (C=O) groups is 1. The van der Waals surface area contributed by atoms with E-state index in [-0.39, 0.29) is 23.2 Å². The van der Waals surface area contributed by atoms with E-state index in [2.05, 4.69) is 20.3 Å². The molecule has 4 rings (SSSR count). The maximum absolute atomic E-state index is 12.7. The number of hydrogen-bond donors (Lipinski definition) is 1. The van der Waals surface area contributed by atoms with Crippen molar-refractivity contribution in [3.8, 4) is 17.4 Å². The van der Waals surface area contributed by atoms with Crippen LogP contribution in [0.25, 0.3) is 5.82 Å². The summed E-state index contributed by atoms with van der Waals surface area (Å²) in [5.41, 5.74) is -0.0434. The summed E-state index contributed by atoms with van der Waals surface area (Å²) in [6, 6.07) is 9.01. The molecule has 1 aromatic carbocycles.